The third kappa shape index (κ3) is 3.54. The number of carbonyl (C=O) groups is 2. The molecular formula is C19H26FN3O2. The van der Waals surface area contributed by atoms with Crippen molar-refractivity contribution in [3.63, 3.8) is 0 Å². The first-order chi connectivity index (χ1) is 11.8. The van der Waals surface area contributed by atoms with E-state index in [-0.39, 0.29) is 23.0 Å². The van der Waals surface area contributed by atoms with Crippen molar-refractivity contribution < 1.29 is 14.0 Å². The predicted octanol–water partition coefficient (Wildman–Crippen LogP) is 1.90. The third-order valence-electron chi connectivity index (χ3n) is 5.58. The number of hydrogen-bond acceptors (Lipinski definition) is 3. The molecule has 5 nitrogen and oxygen atoms in total. The first-order valence-electron chi connectivity index (χ1n) is 8.76. The van der Waals surface area contributed by atoms with Gasteiger partial charge in [-0.1, -0.05) is 12.1 Å². The molecule has 0 N–H and O–H groups in total. The van der Waals surface area contributed by atoms with Crippen LogP contribution in [-0.4, -0.2) is 67.3 Å². The second-order valence-corrected chi connectivity index (χ2v) is 7.67. The summed E-state index contributed by atoms with van der Waals surface area (Å²) in [4.78, 5) is 30.4. The summed E-state index contributed by atoms with van der Waals surface area (Å²) in [6, 6.07) is 5.76. The van der Waals surface area contributed by atoms with Crippen LogP contribution in [0.25, 0.3) is 0 Å². The summed E-state index contributed by atoms with van der Waals surface area (Å²) in [5, 5.41) is 0. The lowest BCUT2D eigenvalue weighted by molar-refractivity contribution is -0.138. The van der Waals surface area contributed by atoms with Crippen molar-refractivity contribution in [2.45, 2.75) is 25.3 Å². The van der Waals surface area contributed by atoms with Gasteiger partial charge in [-0.3, -0.25) is 14.5 Å². The Labute approximate surface area is 148 Å². The lowest BCUT2D eigenvalue weighted by Gasteiger charge is -2.40. The van der Waals surface area contributed by atoms with E-state index >= 15 is 0 Å². The van der Waals surface area contributed by atoms with Crippen molar-refractivity contribution in [3.05, 3.63) is 35.6 Å². The first kappa shape index (κ1) is 17.9. The monoisotopic (exact) mass is 347 g/mol. The van der Waals surface area contributed by atoms with Crippen molar-refractivity contribution >= 4 is 11.8 Å². The van der Waals surface area contributed by atoms with E-state index in [1.807, 2.05) is 30.9 Å². The molecule has 0 aliphatic carbocycles. The summed E-state index contributed by atoms with van der Waals surface area (Å²) in [5.41, 5.74) is 0.695. The Morgan fingerprint density at radius 3 is 2.48 bits per heavy atom. The van der Waals surface area contributed by atoms with Crippen molar-refractivity contribution in [3.8, 4) is 0 Å². The highest BCUT2D eigenvalue weighted by atomic mass is 19.1. The topological polar surface area (TPSA) is 43.9 Å². The molecule has 0 saturated carbocycles. The molecule has 1 aromatic carbocycles. The minimum Gasteiger partial charge on any atom is -0.345 e. The average molecular weight is 347 g/mol. The highest BCUT2D eigenvalue weighted by Crippen LogP contribution is 2.41. The molecule has 2 fully saturated rings. The third-order valence-corrected chi connectivity index (χ3v) is 5.58. The normalized spacial score (nSPS) is 21.2. The van der Waals surface area contributed by atoms with Gasteiger partial charge < -0.3 is 9.80 Å². The number of rotatable bonds is 3. The van der Waals surface area contributed by atoms with Crippen molar-refractivity contribution in [2.24, 2.45) is 5.41 Å². The molecule has 2 aliphatic heterocycles. The summed E-state index contributed by atoms with van der Waals surface area (Å²) >= 11 is 0. The largest absolute Gasteiger partial charge is 0.345 e. The van der Waals surface area contributed by atoms with Crippen LogP contribution < -0.4 is 0 Å². The van der Waals surface area contributed by atoms with Gasteiger partial charge in [0.1, 0.15) is 11.9 Å². The minimum atomic E-state index is -0.488. The summed E-state index contributed by atoms with van der Waals surface area (Å²) in [5.74, 6) is -0.129. The number of hydrogen-bond donors (Lipinski definition) is 0. The van der Waals surface area contributed by atoms with Gasteiger partial charge in [-0.15, -0.1) is 0 Å². The van der Waals surface area contributed by atoms with Crippen molar-refractivity contribution in [1.29, 1.82) is 0 Å². The van der Waals surface area contributed by atoms with Crippen LogP contribution in [0.2, 0.25) is 0 Å². The molecule has 2 aliphatic rings. The highest BCUT2D eigenvalue weighted by molar-refractivity contribution is 5.83. The quantitative estimate of drug-likeness (QED) is 0.839. The Kier molecular flexibility index (Phi) is 4.82. The molecule has 136 valence electrons. The summed E-state index contributed by atoms with van der Waals surface area (Å²) < 4.78 is 13.6. The molecular weight excluding hydrogens is 321 g/mol. The molecule has 1 atom stereocenters. The van der Waals surface area contributed by atoms with Crippen LogP contribution in [0.5, 0.6) is 0 Å². The number of likely N-dealkylation sites (tertiary alicyclic amines) is 2. The van der Waals surface area contributed by atoms with Crippen LogP contribution in [0.15, 0.2) is 24.3 Å². The summed E-state index contributed by atoms with van der Waals surface area (Å²) in [7, 11) is 5.52. The molecule has 0 bridgehead atoms. The Balaban J connectivity index is 1.71. The Morgan fingerprint density at radius 2 is 1.96 bits per heavy atom. The van der Waals surface area contributed by atoms with E-state index in [0.29, 0.717) is 25.1 Å². The smallest absolute Gasteiger partial charge is 0.244 e. The van der Waals surface area contributed by atoms with Gasteiger partial charge in [0.05, 0.1) is 0 Å². The van der Waals surface area contributed by atoms with Crippen LogP contribution in [0, 0.1) is 11.2 Å². The summed E-state index contributed by atoms with van der Waals surface area (Å²) in [6.07, 6.45) is 2.28. The van der Waals surface area contributed by atoms with Crippen LogP contribution in [0.4, 0.5) is 4.39 Å². The molecule has 2 amide bonds. The number of likely N-dealkylation sites (N-methyl/N-ethyl adjacent to an activating group) is 1. The maximum absolute atomic E-state index is 13.6. The molecule has 0 aromatic heterocycles. The van der Waals surface area contributed by atoms with E-state index in [0.717, 1.165) is 19.4 Å². The van der Waals surface area contributed by atoms with Gasteiger partial charge in [0.25, 0.3) is 0 Å². The zero-order valence-electron chi connectivity index (χ0n) is 15.2. The number of nitrogens with zero attached hydrogens (tertiary/aromatic N) is 3. The number of benzene rings is 1. The number of piperidine rings is 1. The number of halogens is 1. The van der Waals surface area contributed by atoms with Gasteiger partial charge in [-0.05, 0) is 44.6 Å². The van der Waals surface area contributed by atoms with E-state index < -0.39 is 6.04 Å². The van der Waals surface area contributed by atoms with Crippen LogP contribution in [-0.2, 0) is 9.59 Å². The van der Waals surface area contributed by atoms with E-state index in [1.165, 1.54) is 12.1 Å². The minimum absolute atomic E-state index is 0.00290. The van der Waals surface area contributed by atoms with Crippen LogP contribution in [0.1, 0.15) is 30.9 Å². The molecule has 3 rings (SSSR count). The van der Waals surface area contributed by atoms with Gasteiger partial charge in [0, 0.05) is 38.5 Å². The Morgan fingerprint density at radius 1 is 1.28 bits per heavy atom. The van der Waals surface area contributed by atoms with E-state index in [2.05, 4.69) is 0 Å². The Hall–Kier alpha value is -1.95. The molecule has 6 heteroatoms. The molecule has 0 radical (unpaired) electrons. The van der Waals surface area contributed by atoms with Gasteiger partial charge in [-0.2, -0.15) is 0 Å². The second kappa shape index (κ2) is 6.75. The highest BCUT2D eigenvalue weighted by Gasteiger charge is 2.44. The standard InChI is InChI=1S/C19H26FN3O2/c1-21(2)17(14-5-4-6-15(20)11-14)18(25)23-9-7-19(8-10-23)12-16(24)22(3)13-19/h4-6,11,17H,7-10,12-13H2,1-3H3/t17-/m1/s1. The molecule has 1 spiro atoms. The zero-order chi connectivity index (χ0) is 18.2. The first-order valence-corrected chi connectivity index (χ1v) is 8.76. The van der Waals surface area contributed by atoms with Crippen LogP contribution >= 0.6 is 0 Å². The van der Waals surface area contributed by atoms with E-state index in [9.17, 15) is 14.0 Å². The van der Waals surface area contributed by atoms with Crippen molar-refractivity contribution in [2.75, 3.05) is 40.8 Å². The van der Waals surface area contributed by atoms with Gasteiger partial charge in [0.15, 0.2) is 0 Å². The van der Waals surface area contributed by atoms with Crippen molar-refractivity contribution in [1.82, 2.24) is 14.7 Å². The fourth-order valence-electron chi connectivity index (χ4n) is 4.15. The molecule has 2 saturated heterocycles. The molecule has 2 heterocycles. The number of carbonyl (C=O) groups excluding carboxylic acids is 2. The van der Waals surface area contributed by atoms with Gasteiger partial charge in [0.2, 0.25) is 11.8 Å². The van der Waals surface area contributed by atoms with Crippen LogP contribution in [0.3, 0.4) is 0 Å². The molecule has 25 heavy (non-hydrogen) atoms. The van der Waals surface area contributed by atoms with Gasteiger partial charge in [-0.25, -0.2) is 4.39 Å². The fourth-order valence-corrected chi connectivity index (χ4v) is 4.15. The van der Waals surface area contributed by atoms with E-state index in [1.54, 1.807) is 17.0 Å². The second-order valence-electron chi connectivity index (χ2n) is 7.67. The Bertz CT molecular complexity index is 668. The zero-order valence-corrected chi connectivity index (χ0v) is 15.2. The lowest BCUT2D eigenvalue weighted by atomic mass is 9.77. The molecule has 0 unspecified atom stereocenters. The van der Waals surface area contributed by atoms with E-state index in [4.69, 9.17) is 0 Å². The lowest BCUT2D eigenvalue weighted by Crippen LogP contribution is -2.47. The SMILES string of the molecule is CN1CC2(CCN(C(=O)[C@@H](c3cccc(F)c3)N(C)C)CC2)CC1=O. The maximum Gasteiger partial charge on any atom is 0.244 e. The fraction of sp³-hybridized carbons (Fsp3) is 0.579. The maximum atomic E-state index is 13.6. The average Bonchev–Trinajstić information content (AvgIpc) is 2.81. The van der Waals surface area contributed by atoms with Gasteiger partial charge >= 0.3 is 0 Å². The predicted molar refractivity (Wildman–Crippen MR) is 93.3 cm³/mol. The molecule has 1 aromatic rings. The summed E-state index contributed by atoms with van der Waals surface area (Å²) in [6.45, 7) is 2.09. The number of amides is 2.